The molecule has 6 heteroatoms. The van der Waals surface area contributed by atoms with Gasteiger partial charge in [-0.1, -0.05) is 42.8 Å². The van der Waals surface area contributed by atoms with Crippen LogP contribution in [0.3, 0.4) is 0 Å². The van der Waals surface area contributed by atoms with Crippen LogP contribution in [-0.2, 0) is 9.53 Å². The Kier molecular flexibility index (Phi) is 5.19. The van der Waals surface area contributed by atoms with E-state index in [2.05, 4.69) is 36.7 Å². The Morgan fingerprint density at radius 3 is 2.46 bits per heavy atom. The summed E-state index contributed by atoms with van der Waals surface area (Å²) in [4.78, 5) is 26.5. The standard InChI is InChI=1S/C20H26BrNO4/c1-19(2,3)14-7-9-20(10-8-14)22(16(12-26-20)18(24)25)17(23)13-5-4-6-15(21)11-13/h4-6,11,14,16H,7-10,12H2,1-3H3,(H,24,25). The molecule has 1 saturated carbocycles. The topological polar surface area (TPSA) is 66.8 Å². The fourth-order valence-electron chi connectivity index (χ4n) is 4.25. The van der Waals surface area contributed by atoms with Crippen LogP contribution >= 0.6 is 15.9 Å². The molecule has 0 aromatic heterocycles. The van der Waals surface area contributed by atoms with Gasteiger partial charge in [0.05, 0.1) is 6.61 Å². The predicted octanol–water partition coefficient (Wildman–Crippen LogP) is 4.31. The molecule has 142 valence electrons. The monoisotopic (exact) mass is 423 g/mol. The Bertz CT molecular complexity index is 704. The van der Waals surface area contributed by atoms with Crippen LogP contribution in [0.2, 0.25) is 0 Å². The van der Waals surface area contributed by atoms with E-state index < -0.39 is 17.7 Å². The second-order valence-corrected chi connectivity index (χ2v) is 9.35. The number of nitrogens with zero attached hydrogens (tertiary/aromatic N) is 1. The number of aliphatic carboxylic acids is 1. The molecule has 1 atom stereocenters. The van der Waals surface area contributed by atoms with Crippen LogP contribution in [-0.4, -0.2) is 40.3 Å². The Labute approximate surface area is 162 Å². The van der Waals surface area contributed by atoms with Crippen molar-refractivity contribution in [1.82, 2.24) is 4.90 Å². The van der Waals surface area contributed by atoms with E-state index in [1.54, 1.807) is 18.2 Å². The lowest BCUT2D eigenvalue weighted by atomic mass is 9.70. The van der Waals surface area contributed by atoms with E-state index in [0.717, 1.165) is 17.3 Å². The molecule has 0 bridgehead atoms. The van der Waals surface area contributed by atoms with Crippen LogP contribution in [0.5, 0.6) is 0 Å². The zero-order chi connectivity index (χ0) is 19.1. The number of hydrogen-bond donors (Lipinski definition) is 1. The molecule has 3 rings (SSSR count). The summed E-state index contributed by atoms with van der Waals surface area (Å²) in [6.45, 7) is 6.75. The molecule has 1 aromatic carbocycles. The van der Waals surface area contributed by atoms with Gasteiger partial charge in [0.2, 0.25) is 0 Å². The van der Waals surface area contributed by atoms with E-state index in [1.807, 2.05) is 6.07 Å². The fourth-order valence-corrected chi connectivity index (χ4v) is 4.65. The van der Waals surface area contributed by atoms with Crippen molar-refractivity contribution in [3.8, 4) is 0 Å². The van der Waals surface area contributed by atoms with Crippen molar-refractivity contribution < 1.29 is 19.4 Å². The van der Waals surface area contributed by atoms with Gasteiger partial charge in [0.15, 0.2) is 6.04 Å². The lowest BCUT2D eigenvalue weighted by molar-refractivity contribution is -0.144. The summed E-state index contributed by atoms with van der Waals surface area (Å²) in [7, 11) is 0. The van der Waals surface area contributed by atoms with Crippen LogP contribution in [0.1, 0.15) is 56.8 Å². The van der Waals surface area contributed by atoms with Gasteiger partial charge in [0.1, 0.15) is 5.72 Å². The quantitative estimate of drug-likeness (QED) is 0.769. The molecule has 1 aromatic rings. The van der Waals surface area contributed by atoms with Crippen molar-refractivity contribution in [3.63, 3.8) is 0 Å². The highest BCUT2D eigenvalue weighted by molar-refractivity contribution is 9.10. The number of carboxylic acid groups (broad SMARTS) is 1. The average molecular weight is 424 g/mol. The molecule has 1 N–H and O–H groups in total. The smallest absolute Gasteiger partial charge is 0.328 e. The maximum Gasteiger partial charge on any atom is 0.328 e. The van der Waals surface area contributed by atoms with Crippen molar-refractivity contribution in [2.45, 2.75) is 58.2 Å². The van der Waals surface area contributed by atoms with Crippen molar-refractivity contribution in [2.75, 3.05) is 6.61 Å². The van der Waals surface area contributed by atoms with Gasteiger partial charge in [-0.05, 0) is 55.2 Å². The number of rotatable bonds is 2. The summed E-state index contributed by atoms with van der Waals surface area (Å²) in [6, 6.07) is 6.14. The minimum atomic E-state index is -1.01. The highest BCUT2D eigenvalue weighted by Gasteiger charge is 2.54. The highest BCUT2D eigenvalue weighted by Crippen LogP contribution is 2.47. The molecule has 1 aliphatic carbocycles. The third kappa shape index (κ3) is 3.54. The largest absolute Gasteiger partial charge is 0.480 e. The molecule has 5 nitrogen and oxygen atoms in total. The lowest BCUT2D eigenvalue weighted by Gasteiger charge is -2.46. The molecule has 1 saturated heterocycles. The van der Waals surface area contributed by atoms with E-state index in [1.165, 1.54) is 4.90 Å². The number of ether oxygens (including phenoxy) is 1. The summed E-state index contributed by atoms with van der Waals surface area (Å²) in [5, 5.41) is 9.65. The Morgan fingerprint density at radius 2 is 1.92 bits per heavy atom. The Hall–Kier alpha value is -1.40. The molecule has 2 fully saturated rings. The van der Waals surface area contributed by atoms with Crippen molar-refractivity contribution >= 4 is 27.8 Å². The van der Waals surface area contributed by atoms with Crippen molar-refractivity contribution in [2.24, 2.45) is 11.3 Å². The molecule has 2 aliphatic rings. The van der Waals surface area contributed by atoms with Gasteiger partial charge < -0.3 is 9.84 Å². The molecular weight excluding hydrogens is 398 g/mol. The zero-order valence-corrected chi connectivity index (χ0v) is 17.1. The van der Waals surface area contributed by atoms with E-state index >= 15 is 0 Å². The second kappa shape index (κ2) is 6.97. The van der Waals surface area contributed by atoms with E-state index in [9.17, 15) is 14.7 Å². The third-order valence-electron chi connectivity index (χ3n) is 5.83. The van der Waals surface area contributed by atoms with Crippen LogP contribution in [0.25, 0.3) is 0 Å². The van der Waals surface area contributed by atoms with Crippen LogP contribution in [0.4, 0.5) is 0 Å². The minimum absolute atomic E-state index is 0.0509. The van der Waals surface area contributed by atoms with Crippen molar-refractivity contribution in [1.29, 1.82) is 0 Å². The summed E-state index contributed by atoms with van der Waals surface area (Å²) in [6.07, 6.45) is 3.22. The van der Waals surface area contributed by atoms with Gasteiger partial charge in [-0.3, -0.25) is 9.69 Å². The van der Waals surface area contributed by atoms with E-state index in [4.69, 9.17) is 4.74 Å². The predicted molar refractivity (Wildman–Crippen MR) is 102 cm³/mol. The molecule has 26 heavy (non-hydrogen) atoms. The summed E-state index contributed by atoms with van der Waals surface area (Å²) in [5.41, 5.74) is -0.121. The van der Waals surface area contributed by atoms with Crippen LogP contribution in [0, 0.1) is 11.3 Å². The van der Waals surface area contributed by atoms with Crippen LogP contribution < -0.4 is 0 Å². The maximum absolute atomic E-state index is 13.2. The number of carboxylic acids is 1. The normalized spacial score (nSPS) is 29.2. The second-order valence-electron chi connectivity index (χ2n) is 8.44. The fraction of sp³-hybridized carbons (Fsp3) is 0.600. The lowest BCUT2D eigenvalue weighted by Crippen LogP contribution is -2.55. The van der Waals surface area contributed by atoms with Gasteiger partial charge in [0.25, 0.3) is 5.91 Å². The number of carbonyl (C=O) groups is 2. The number of hydrogen-bond acceptors (Lipinski definition) is 3. The SMILES string of the molecule is CC(C)(C)C1CCC2(CC1)OCC(C(=O)O)N2C(=O)c1cccc(Br)c1. The molecule has 1 amide bonds. The van der Waals surface area contributed by atoms with Gasteiger partial charge in [-0.2, -0.15) is 0 Å². The molecular formula is C20H26BrNO4. The van der Waals surface area contributed by atoms with Gasteiger partial charge >= 0.3 is 5.97 Å². The Morgan fingerprint density at radius 1 is 1.27 bits per heavy atom. The van der Waals surface area contributed by atoms with Gasteiger partial charge in [-0.15, -0.1) is 0 Å². The molecule has 1 spiro atoms. The van der Waals surface area contributed by atoms with Gasteiger partial charge in [0, 0.05) is 10.0 Å². The zero-order valence-electron chi connectivity index (χ0n) is 15.5. The Balaban J connectivity index is 1.90. The average Bonchev–Trinajstić information content (AvgIpc) is 2.92. The van der Waals surface area contributed by atoms with Crippen molar-refractivity contribution in [3.05, 3.63) is 34.3 Å². The minimum Gasteiger partial charge on any atom is -0.480 e. The first-order valence-electron chi connectivity index (χ1n) is 9.10. The number of amides is 1. The molecule has 1 aliphatic heterocycles. The van der Waals surface area contributed by atoms with E-state index in [0.29, 0.717) is 24.3 Å². The first kappa shape index (κ1) is 19.4. The summed E-state index contributed by atoms with van der Waals surface area (Å²) >= 11 is 3.38. The summed E-state index contributed by atoms with van der Waals surface area (Å²) < 4.78 is 6.81. The summed E-state index contributed by atoms with van der Waals surface area (Å²) in [5.74, 6) is -0.739. The van der Waals surface area contributed by atoms with Gasteiger partial charge in [-0.25, -0.2) is 4.79 Å². The maximum atomic E-state index is 13.2. The highest BCUT2D eigenvalue weighted by atomic mass is 79.9. The number of carbonyl (C=O) groups excluding carboxylic acids is 1. The third-order valence-corrected chi connectivity index (χ3v) is 6.32. The molecule has 1 heterocycles. The molecule has 0 radical (unpaired) electrons. The molecule has 1 unspecified atom stereocenters. The first-order chi connectivity index (χ1) is 12.1. The van der Waals surface area contributed by atoms with Crippen LogP contribution in [0.15, 0.2) is 28.7 Å². The number of halogens is 1. The first-order valence-corrected chi connectivity index (χ1v) is 9.89. The number of benzene rings is 1. The van der Waals surface area contributed by atoms with E-state index in [-0.39, 0.29) is 17.9 Å².